The van der Waals surface area contributed by atoms with Gasteiger partial charge in [-0.1, -0.05) is 0 Å². The van der Waals surface area contributed by atoms with Crippen molar-refractivity contribution in [1.29, 1.82) is 0 Å². The van der Waals surface area contributed by atoms with E-state index in [2.05, 4.69) is 0 Å². The Kier molecular flexibility index (Phi) is 3.17. The number of hydrogen-bond donors (Lipinski definition) is 3. The predicted molar refractivity (Wildman–Crippen MR) is 57.7 cm³/mol. The summed E-state index contributed by atoms with van der Waals surface area (Å²) in [5.41, 5.74) is 6.38. The maximum Gasteiger partial charge on any atom is 0.169 e. The Labute approximate surface area is 93.4 Å². The predicted octanol–water partition coefficient (Wildman–Crippen LogP) is 0.546. The fourth-order valence-corrected chi connectivity index (χ4v) is 1.77. The van der Waals surface area contributed by atoms with Gasteiger partial charge in [-0.15, -0.1) is 0 Å². The molecule has 0 amide bonds. The molecule has 1 aliphatic rings. The zero-order chi connectivity index (χ0) is 11.5. The minimum Gasteiger partial charge on any atom is -0.507 e. The molecule has 88 valence electrons. The zero-order valence-corrected chi connectivity index (χ0v) is 8.85. The molecule has 1 unspecified atom stereocenters. The molecule has 0 bridgehead atoms. The number of fused-ring (bicyclic) bond motifs is 1. The Morgan fingerprint density at radius 2 is 2.06 bits per heavy atom. The average Bonchev–Trinajstić information content (AvgIpc) is 2.29. The number of phenols is 1. The lowest BCUT2D eigenvalue weighted by molar-refractivity contribution is 0.167. The SMILES string of the molecule is NC(CCO)c1c(O)ccc2c1OCCO2. The highest BCUT2D eigenvalue weighted by Crippen LogP contribution is 2.42. The summed E-state index contributed by atoms with van der Waals surface area (Å²) in [7, 11) is 0. The van der Waals surface area contributed by atoms with E-state index in [9.17, 15) is 5.11 Å². The van der Waals surface area contributed by atoms with E-state index in [4.69, 9.17) is 20.3 Å². The van der Waals surface area contributed by atoms with Crippen LogP contribution in [-0.2, 0) is 0 Å². The van der Waals surface area contributed by atoms with Gasteiger partial charge in [0, 0.05) is 12.6 Å². The molecule has 1 aromatic carbocycles. The van der Waals surface area contributed by atoms with Crippen LogP contribution in [0.4, 0.5) is 0 Å². The summed E-state index contributed by atoms with van der Waals surface area (Å²) in [4.78, 5) is 0. The number of aliphatic hydroxyl groups excluding tert-OH is 1. The van der Waals surface area contributed by atoms with Crippen LogP contribution in [0.3, 0.4) is 0 Å². The summed E-state index contributed by atoms with van der Waals surface area (Å²) >= 11 is 0. The Morgan fingerprint density at radius 1 is 1.31 bits per heavy atom. The fraction of sp³-hybridized carbons (Fsp3) is 0.455. The minimum atomic E-state index is -0.457. The highest BCUT2D eigenvalue weighted by Gasteiger charge is 2.23. The first-order chi connectivity index (χ1) is 7.74. The number of phenolic OH excluding ortho intramolecular Hbond substituents is 1. The van der Waals surface area contributed by atoms with Crippen LogP contribution >= 0.6 is 0 Å². The summed E-state index contributed by atoms with van der Waals surface area (Å²) in [6.07, 6.45) is 0.368. The first-order valence-electron chi connectivity index (χ1n) is 5.22. The molecule has 2 rings (SSSR count). The molecule has 4 N–H and O–H groups in total. The minimum absolute atomic E-state index is 0.0366. The van der Waals surface area contributed by atoms with Crippen LogP contribution < -0.4 is 15.2 Å². The normalized spacial score (nSPS) is 15.9. The summed E-state index contributed by atoms with van der Waals surface area (Å²) < 4.78 is 10.8. The Hall–Kier alpha value is -1.46. The van der Waals surface area contributed by atoms with Crippen molar-refractivity contribution < 1.29 is 19.7 Å². The fourth-order valence-electron chi connectivity index (χ4n) is 1.77. The summed E-state index contributed by atoms with van der Waals surface area (Å²) in [5, 5.41) is 18.6. The zero-order valence-electron chi connectivity index (χ0n) is 8.85. The first kappa shape index (κ1) is 11.0. The number of ether oxygens (including phenoxy) is 2. The molecule has 0 saturated carbocycles. The van der Waals surface area contributed by atoms with Gasteiger partial charge >= 0.3 is 0 Å². The number of benzene rings is 1. The molecule has 1 aromatic rings. The molecule has 0 radical (unpaired) electrons. The molecule has 1 heterocycles. The third-order valence-corrected chi connectivity index (χ3v) is 2.54. The first-order valence-corrected chi connectivity index (χ1v) is 5.22. The van der Waals surface area contributed by atoms with Crippen molar-refractivity contribution >= 4 is 0 Å². The molecule has 5 heteroatoms. The molecular formula is C11H15NO4. The maximum absolute atomic E-state index is 9.77. The maximum atomic E-state index is 9.77. The van der Waals surface area contributed by atoms with Crippen molar-refractivity contribution in [3.8, 4) is 17.2 Å². The van der Waals surface area contributed by atoms with E-state index in [1.54, 1.807) is 6.07 Å². The number of aromatic hydroxyl groups is 1. The van der Waals surface area contributed by atoms with Gasteiger partial charge in [-0.25, -0.2) is 0 Å². The van der Waals surface area contributed by atoms with E-state index in [1.807, 2.05) is 0 Å². The lowest BCUT2D eigenvalue weighted by Crippen LogP contribution is -2.20. The van der Waals surface area contributed by atoms with Gasteiger partial charge in [-0.2, -0.15) is 0 Å². The third kappa shape index (κ3) is 1.91. The Bertz CT molecular complexity index is 380. The van der Waals surface area contributed by atoms with Crippen LogP contribution in [0, 0.1) is 0 Å². The highest BCUT2D eigenvalue weighted by atomic mass is 16.6. The standard InChI is InChI=1S/C11H15NO4/c12-7(3-4-13)10-8(14)1-2-9-11(10)16-6-5-15-9/h1-2,7,13-14H,3-6,12H2. The number of nitrogens with two attached hydrogens (primary N) is 1. The van der Waals surface area contributed by atoms with Gasteiger partial charge in [-0.05, 0) is 18.6 Å². The molecule has 0 aliphatic carbocycles. The van der Waals surface area contributed by atoms with E-state index in [1.165, 1.54) is 6.07 Å². The lowest BCUT2D eigenvalue weighted by atomic mass is 10.0. The second-order valence-electron chi connectivity index (χ2n) is 3.64. The van der Waals surface area contributed by atoms with Gasteiger partial charge in [0.25, 0.3) is 0 Å². The van der Waals surface area contributed by atoms with Crippen molar-refractivity contribution in [2.45, 2.75) is 12.5 Å². The lowest BCUT2D eigenvalue weighted by Gasteiger charge is -2.24. The van der Waals surface area contributed by atoms with Gasteiger partial charge in [0.1, 0.15) is 19.0 Å². The monoisotopic (exact) mass is 225 g/mol. The Morgan fingerprint density at radius 3 is 2.81 bits per heavy atom. The van der Waals surface area contributed by atoms with Crippen LogP contribution in [0.1, 0.15) is 18.0 Å². The van der Waals surface area contributed by atoms with Crippen molar-refractivity contribution in [2.75, 3.05) is 19.8 Å². The quantitative estimate of drug-likeness (QED) is 0.699. The summed E-state index contributed by atoms with van der Waals surface area (Å²) in [5.74, 6) is 1.16. The second-order valence-corrected chi connectivity index (χ2v) is 3.64. The molecular weight excluding hydrogens is 210 g/mol. The molecule has 0 saturated heterocycles. The third-order valence-electron chi connectivity index (χ3n) is 2.54. The molecule has 16 heavy (non-hydrogen) atoms. The van der Waals surface area contributed by atoms with Gasteiger partial charge in [-0.3, -0.25) is 0 Å². The van der Waals surface area contributed by atoms with E-state index in [0.29, 0.717) is 36.7 Å². The largest absolute Gasteiger partial charge is 0.507 e. The van der Waals surface area contributed by atoms with Crippen molar-refractivity contribution in [2.24, 2.45) is 5.73 Å². The summed E-state index contributed by atoms with van der Waals surface area (Å²) in [6, 6.07) is 2.72. The van der Waals surface area contributed by atoms with E-state index in [0.717, 1.165) is 0 Å². The molecule has 0 fully saturated rings. The van der Waals surface area contributed by atoms with Crippen LogP contribution in [0.15, 0.2) is 12.1 Å². The molecule has 5 nitrogen and oxygen atoms in total. The second kappa shape index (κ2) is 4.59. The van der Waals surface area contributed by atoms with Gasteiger partial charge in [0.2, 0.25) is 0 Å². The van der Waals surface area contributed by atoms with Crippen LogP contribution in [0.25, 0.3) is 0 Å². The topological polar surface area (TPSA) is 84.9 Å². The van der Waals surface area contributed by atoms with Crippen molar-refractivity contribution in [3.05, 3.63) is 17.7 Å². The van der Waals surface area contributed by atoms with Crippen LogP contribution in [-0.4, -0.2) is 30.0 Å². The van der Waals surface area contributed by atoms with Gasteiger partial charge in [0.15, 0.2) is 11.5 Å². The molecule has 0 aromatic heterocycles. The molecule has 1 aliphatic heterocycles. The number of rotatable bonds is 3. The number of hydrogen-bond acceptors (Lipinski definition) is 5. The Balaban J connectivity index is 2.41. The van der Waals surface area contributed by atoms with E-state index >= 15 is 0 Å². The smallest absolute Gasteiger partial charge is 0.169 e. The van der Waals surface area contributed by atoms with Gasteiger partial charge in [0.05, 0.1) is 5.56 Å². The molecule has 1 atom stereocenters. The van der Waals surface area contributed by atoms with Crippen molar-refractivity contribution in [3.63, 3.8) is 0 Å². The van der Waals surface area contributed by atoms with E-state index < -0.39 is 6.04 Å². The highest BCUT2D eigenvalue weighted by molar-refractivity contribution is 5.55. The molecule has 0 spiro atoms. The van der Waals surface area contributed by atoms with Crippen LogP contribution in [0.5, 0.6) is 17.2 Å². The summed E-state index contributed by atoms with van der Waals surface area (Å²) in [6.45, 7) is 0.896. The van der Waals surface area contributed by atoms with Gasteiger partial charge < -0.3 is 25.4 Å². The van der Waals surface area contributed by atoms with E-state index in [-0.39, 0.29) is 12.4 Å². The van der Waals surface area contributed by atoms with Crippen molar-refractivity contribution in [1.82, 2.24) is 0 Å². The van der Waals surface area contributed by atoms with Crippen LogP contribution in [0.2, 0.25) is 0 Å². The number of aliphatic hydroxyl groups is 1. The average molecular weight is 225 g/mol.